The summed E-state index contributed by atoms with van der Waals surface area (Å²) >= 11 is 0. The number of alkyl halides is 3. The summed E-state index contributed by atoms with van der Waals surface area (Å²) in [6.45, 7) is 5.88. The van der Waals surface area contributed by atoms with Gasteiger partial charge < -0.3 is 20.3 Å². The highest BCUT2D eigenvalue weighted by molar-refractivity contribution is 5.99. The molecule has 1 aliphatic rings. The summed E-state index contributed by atoms with van der Waals surface area (Å²) in [4.78, 5) is 26.9. The van der Waals surface area contributed by atoms with E-state index in [0.29, 0.717) is 34.2 Å². The van der Waals surface area contributed by atoms with Crippen LogP contribution in [0.4, 0.5) is 29.3 Å². The van der Waals surface area contributed by atoms with Crippen molar-refractivity contribution in [3.8, 4) is 5.75 Å². The zero-order chi connectivity index (χ0) is 26.7. The Hall–Kier alpha value is -4.01. The second kappa shape index (κ2) is 10.5. The number of carbonyl (C=O) groups is 2. The Balaban J connectivity index is 1.49. The molecule has 3 aromatic rings. The van der Waals surface area contributed by atoms with Gasteiger partial charge in [-0.15, -0.1) is 0 Å². The minimum atomic E-state index is -4.47. The second-order valence-electron chi connectivity index (χ2n) is 9.33. The van der Waals surface area contributed by atoms with Gasteiger partial charge in [0.05, 0.1) is 5.56 Å². The second-order valence-corrected chi connectivity index (χ2v) is 9.33. The summed E-state index contributed by atoms with van der Waals surface area (Å²) in [5, 5.41) is 5.56. The molecule has 0 saturated heterocycles. The number of rotatable bonds is 5. The first-order valence-electron chi connectivity index (χ1n) is 11.9. The third kappa shape index (κ3) is 6.41. The lowest BCUT2D eigenvalue weighted by Crippen LogP contribution is -2.37. The number of fused-ring (bicyclic) bond motifs is 1. The number of amides is 3. The van der Waals surface area contributed by atoms with Gasteiger partial charge in [-0.2, -0.15) is 13.2 Å². The van der Waals surface area contributed by atoms with Gasteiger partial charge in [0, 0.05) is 30.0 Å². The van der Waals surface area contributed by atoms with Gasteiger partial charge in [0.25, 0.3) is 5.91 Å². The Morgan fingerprint density at radius 1 is 1.03 bits per heavy atom. The summed E-state index contributed by atoms with van der Waals surface area (Å²) in [6, 6.07) is 17.1. The summed E-state index contributed by atoms with van der Waals surface area (Å²) in [5.41, 5.74) is 2.51. The van der Waals surface area contributed by atoms with E-state index in [2.05, 4.69) is 24.5 Å². The molecule has 4 rings (SSSR count). The molecule has 0 radical (unpaired) electrons. The molecule has 9 heteroatoms. The number of halogens is 3. The molecule has 0 bridgehead atoms. The maximum atomic E-state index is 13.1. The van der Waals surface area contributed by atoms with Crippen molar-refractivity contribution in [1.29, 1.82) is 0 Å². The van der Waals surface area contributed by atoms with Crippen molar-refractivity contribution in [1.82, 2.24) is 4.90 Å². The molecule has 1 aliphatic heterocycles. The van der Waals surface area contributed by atoms with Gasteiger partial charge in [0.15, 0.2) is 6.10 Å². The van der Waals surface area contributed by atoms with E-state index in [4.69, 9.17) is 4.74 Å². The van der Waals surface area contributed by atoms with E-state index < -0.39 is 23.9 Å². The zero-order valence-corrected chi connectivity index (χ0v) is 20.7. The van der Waals surface area contributed by atoms with Crippen LogP contribution < -0.4 is 15.4 Å². The normalized spacial score (nSPS) is 15.6. The van der Waals surface area contributed by atoms with Crippen molar-refractivity contribution in [3.63, 3.8) is 0 Å². The largest absolute Gasteiger partial charge is 0.481 e. The number of nitrogens with one attached hydrogen (secondary N) is 2. The quantitative estimate of drug-likeness (QED) is 0.397. The van der Waals surface area contributed by atoms with Crippen molar-refractivity contribution in [3.05, 3.63) is 89.0 Å². The van der Waals surface area contributed by atoms with Crippen LogP contribution in [0.3, 0.4) is 0 Å². The van der Waals surface area contributed by atoms with Crippen LogP contribution >= 0.6 is 0 Å². The lowest BCUT2D eigenvalue weighted by molar-refractivity contribution is -0.138. The molecular formula is C28H28F3N3O3. The average Bonchev–Trinajstić information content (AvgIpc) is 2.95. The molecule has 3 amide bonds. The average molecular weight is 512 g/mol. The molecule has 1 atom stereocenters. The predicted octanol–water partition coefficient (Wildman–Crippen LogP) is 6.78. The lowest BCUT2D eigenvalue weighted by atomic mass is 10.0. The van der Waals surface area contributed by atoms with Gasteiger partial charge in [-0.25, -0.2) is 4.79 Å². The number of hydrogen-bond acceptors (Lipinski definition) is 3. The topological polar surface area (TPSA) is 70.7 Å². The fourth-order valence-corrected chi connectivity index (χ4v) is 4.12. The highest BCUT2D eigenvalue weighted by Gasteiger charge is 2.32. The van der Waals surface area contributed by atoms with E-state index in [-0.39, 0.29) is 19.0 Å². The molecule has 1 unspecified atom stereocenters. The first-order chi connectivity index (χ1) is 17.5. The summed E-state index contributed by atoms with van der Waals surface area (Å²) in [7, 11) is 0. The SMILES string of the molecule is CC1Oc2ccc(NC(=O)Nc3ccc(C(C)C)cc3)cc2CN(Cc2cccc(C(F)(F)F)c2)C1=O. The monoisotopic (exact) mass is 511 g/mol. The molecule has 0 aliphatic carbocycles. The summed E-state index contributed by atoms with van der Waals surface area (Å²) < 4.78 is 45.2. The Labute approximate surface area is 213 Å². The van der Waals surface area contributed by atoms with Crippen molar-refractivity contribution >= 4 is 23.3 Å². The zero-order valence-electron chi connectivity index (χ0n) is 20.7. The highest BCUT2D eigenvalue weighted by atomic mass is 19.4. The number of anilines is 2. The molecule has 0 spiro atoms. The third-order valence-corrected chi connectivity index (χ3v) is 6.11. The van der Waals surface area contributed by atoms with Gasteiger partial charge in [-0.05, 0) is 66.4 Å². The molecule has 3 aromatic carbocycles. The van der Waals surface area contributed by atoms with Crippen LogP contribution in [0, 0.1) is 0 Å². The minimum absolute atomic E-state index is 0.0135. The van der Waals surface area contributed by atoms with E-state index in [1.165, 1.54) is 11.0 Å². The van der Waals surface area contributed by atoms with E-state index in [1.807, 2.05) is 24.3 Å². The first kappa shape index (κ1) is 26.1. The summed E-state index contributed by atoms with van der Waals surface area (Å²) in [6.07, 6.45) is -5.29. The van der Waals surface area contributed by atoms with Crippen molar-refractivity contribution < 1.29 is 27.5 Å². The molecule has 194 valence electrons. The fraction of sp³-hybridized carbons (Fsp3) is 0.286. The van der Waals surface area contributed by atoms with Crippen molar-refractivity contribution in [2.24, 2.45) is 0 Å². The van der Waals surface area contributed by atoms with Gasteiger partial charge in [0.1, 0.15) is 5.75 Å². The molecule has 2 N–H and O–H groups in total. The molecule has 37 heavy (non-hydrogen) atoms. The van der Waals surface area contributed by atoms with Crippen LogP contribution in [0.1, 0.15) is 48.9 Å². The Bertz CT molecular complexity index is 1290. The lowest BCUT2D eigenvalue weighted by Gasteiger charge is -2.22. The van der Waals surface area contributed by atoms with Crippen molar-refractivity contribution in [2.45, 2.75) is 52.1 Å². The maximum Gasteiger partial charge on any atom is 0.416 e. The third-order valence-electron chi connectivity index (χ3n) is 6.11. The first-order valence-corrected chi connectivity index (χ1v) is 11.9. The van der Waals surface area contributed by atoms with Gasteiger partial charge in [-0.3, -0.25) is 4.79 Å². The number of carbonyl (C=O) groups excluding carboxylic acids is 2. The van der Waals surface area contributed by atoms with Crippen LogP contribution in [0.5, 0.6) is 5.75 Å². The minimum Gasteiger partial charge on any atom is -0.481 e. The Morgan fingerprint density at radius 2 is 1.70 bits per heavy atom. The number of benzene rings is 3. The molecule has 1 heterocycles. The predicted molar refractivity (Wildman–Crippen MR) is 135 cm³/mol. The number of urea groups is 1. The smallest absolute Gasteiger partial charge is 0.416 e. The van der Waals surface area contributed by atoms with E-state index in [1.54, 1.807) is 31.2 Å². The van der Waals surface area contributed by atoms with E-state index in [9.17, 15) is 22.8 Å². The van der Waals surface area contributed by atoms with Gasteiger partial charge >= 0.3 is 12.2 Å². The van der Waals surface area contributed by atoms with Gasteiger partial charge in [0.2, 0.25) is 0 Å². The summed E-state index contributed by atoms with van der Waals surface area (Å²) in [5.74, 6) is 0.515. The number of hydrogen-bond donors (Lipinski definition) is 2. The molecular weight excluding hydrogens is 483 g/mol. The molecule has 0 saturated carbocycles. The fourth-order valence-electron chi connectivity index (χ4n) is 4.12. The van der Waals surface area contributed by atoms with Crippen LogP contribution in [-0.2, 0) is 24.1 Å². The van der Waals surface area contributed by atoms with Crippen LogP contribution in [-0.4, -0.2) is 22.9 Å². The molecule has 0 fully saturated rings. The van der Waals surface area contributed by atoms with Crippen LogP contribution in [0.25, 0.3) is 0 Å². The van der Waals surface area contributed by atoms with Crippen LogP contribution in [0.2, 0.25) is 0 Å². The van der Waals surface area contributed by atoms with E-state index >= 15 is 0 Å². The van der Waals surface area contributed by atoms with E-state index in [0.717, 1.165) is 17.7 Å². The highest BCUT2D eigenvalue weighted by Crippen LogP contribution is 2.32. The standard InChI is InChI=1S/C28H28F3N3O3/c1-17(2)20-7-9-23(10-8-20)32-27(36)33-24-11-12-25-21(14-24)16-34(26(35)18(3)37-25)15-19-5-4-6-22(13-19)28(29,30)31/h4-14,17-18H,15-16H2,1-3H3,(H2,32,33,36). The number of nitrogens with zero attached hydrogens (tertiary/aromatic N) is 1. The molecule has 0 aromatic heterocycles. The van der Waals surface area contributed by atoms with Crippen molar-refractivity contribution in [2.75, 3.05) is 10.6 Å². The molecule has 6 nitrogen and oxygen atoms in total. The Morgan fingerprint density at radius 3 is 2.38 bits per heavy atom. The van der Waals surface area contributed by atoms with Crippen LogP contribution in [0.15, 0.2) is 66.7 Å². The number of ether oxygens (including phenoxy) is 1. The Kier molecular flexibility index (Phi) is 7.42. The maximum absolute atomic E-state index is 13.1. The van der Waals surface area contributed by atoms with Gasteiger partial charge in [-0.1, -0.05) is 38.1 Å².